The summed E-state index contributed by atoms with van der Waals surface area (Å²) in [7, 11) is 0. The van der Waals surface area contributed by atoms with Gasteiger partial charge < -0.3 is 9.64 Å². The van der Waals surface area contributed by atoms with E-state index in [0.717, 1.165) is 64.7 Å². The second kappa shape index (κ2) is 10.1. The predicted octanol–water partition coefficient (Wildman–Crippen LogP) is 4.51. The van der Waals surface area contributed by atoms with E-state index in [4.69, 9.17) is 4.74 Å². The van der Waals surface area contributed by atoms with Gasteiger partial charge in [0.15, 0.2) is 0 Å². The maximum atomic E-state index is 13.2. The minimum Gasteiger partial charge on any atom is -0.381 e. The molecule has 130 valence electrons. The highest BCUT2D eigenvalue weighted by Crippen LogP contribution is 2.23. The van der Waals surface area contributed by atoms with Crippen molar-refractivity contribution >= 4 is 17.2 Å². The number of thiophene rings is 1. The molecular formula is C19H31NO2S. The van der Waals surface area contributed by atoms with E-state index in [1.54, 1.807) is 11.3 Å². The fraction of sp³-hybridized carbons (Fsp3) is 0.737. The minimum atomic E-state index is 0.205. The van der Waals surface area contributed by atoms with E-state index < -0.39 is 0 Å². The molecule has 0 N–H and O–H groups in total. The Bertz CT molecular complexity index is 434. The van der Waals surface area contributed by atoms with E-state index in [2.05, 4.69) is 36.3 Å². The van der Waals surface area contributed by atoms with Crippen LogP contribution in [0.2, 0.25) is 0 Å². The summed E-state index contributed by atoms with van der Waals surface area (Å²) in [4.78, 5) is 16.7. The van der Waals surface area contributed by atoms with Crippen LogP contribution in [0.3, 0.4) is 0 Å². The monoisotopic (exact) mass is 337 g/mol. The first-order valence-electron chi connectivity index (χ1n) is 9.16. The third kappa shape index (κ3) is 5.61. The molecule has 1 aliphatic rings. The molecule has 1 aromatic rings. The van der Waals surface area contributed by atoms with E-state index >= 15 is 0 Å². The zero-order chi connectivity index (χ0) is 16.5. The molecule has 1 saturated heterocycles. The zero-order valence-electron chi connectivity index (χ0n) is 14.6. The molecule has 0 aliphatic carbocycles. The topological polar surface area (TPSA) is 29.5 Å². The molecule has 23 heavy (non-hydrogen) atoms. The molecule has 0 atom stereocenters. The van der Waals surface area contributed by atoms with Gasteiger partial charge in [-0.1, -0.05) is 32.8 Å². The summed E-state index contributed by atoms with van der Waals surface area (Å²) in [6.45, 7) is 6.80. The average Bonchev–Trinajstić information content (AvgIpc) is 3.09. The number of carbonyl (C=O) groups is 1. The van der Waals surface area contributed by atoms with Crippen LogP contribution in [-0.2, 0) is 16.0 Å². The number of carbonyl (C=O) groups excluding carboxylic acids is 1. The van der Waals surface area contributed by atoms with Crippen LogP contribution >= 0.6 is 11.3 Å². The van der Waals surface area contributed by atoms with E-state index in [1.807, 2.05) is 0 Å². The second-order valence-corrected chi connectivity index (χ2v) is 7.51. The van der Waals surface area contributed by atoms with Gasteiger partial charge in [0.2, 0.25) is 5.91 Å². The molecule has 0 radical (unpaired) electrons. The molecule has 3 nitrogen and oxygen atoms in total. The minimum absolute atomic E-state index is 0.205. The Hall–Kier alpha value is -0.870. The van der Waals surface area contributed by atoms with Crippen molar-refractivity contribution < 1.29 is 9.53 Å². The lowest BCUT2D eigenvalue weighted by Gasteiger charge is -2.36. The van der Waals surface area contributed by atoms with E-state index in [9.17, 15) is 4.79 Å². The normalized spacial score (nSPS) is 16.0. The SMILES string of the molecule is CCCC(CCC)C(=O)N(CCc1cccs1)C1CCOCC1. The number of hydrogen-bond acceptors (Lipinski definition) is 3. The molecular weight excluding hydrogens is 306 g/mol. The summed E-state index contributed by atoms with van der Waals surface area (Å²) in [5.41, 5.74) is 0. The van der Waals surface area contributed by atoms with Gasteiger partial charge in [-0.25, -0.2) is 0 Å². The third-order valence-electron chi connectivity index (χ3n) is 4.72. The van der Waals surface area contributed by atoms with E-state index in [1.165, 1.54) is 4.88 Å². The maximum Gasteiger partial charge on any atom is 0.225 e. The van der Waals surface area contributed by atoms with Crippen LogP contribution in [0.25, 0.3) is 0 Å². The molecule has 1 fully saturated rings. The van der Waals surface area contributed by atoms with E-state index in [0.29, 0.717) is 11.9 Å². The molecule has 0 spiro atoms. The van der Waals surface area contributed by atoms with Crippen molar-refractivity contribution in [3.8, 4) is 0 Å². The van der Waals surface area contributed by atoms with Gasteiger partial charge in [0.05, 0.1) is 0 Å². The summed E-state index contributed by atoms with van der Waals surface area (Å²) in [5, 5.41) is 2.12. The lowest BCUT2D eigenvalue weighted by atomic mass is 9.94. The molecule has 2 heterocycles. The van der Waals surface area contributed by atoms with Crippen molar-refractivity contribution in [2.45, 2.75) is 64.8 Å². The van der Waals surface area contributed by atoms with Crippen LogP contribution in [0.5, 0.6) is 0 Å². The molecule has 0 saturated carbocycles. The molecule has 2 rings (SSSR count). The van der Waals surface area contributed by atoms with Crippen LogP contribution in [0.1, 0.15) is 57.2 Å². The lowest BCUT2D eigenvalue weighted by Crippen LogP contribution is -2.47. The fourth-order valence-electron chi connectivity index (χ4n) is 3.48. The number of nitrogens with zero attached hydrogens (tertiary/aromatic N) is 1. The highest BCUT2D eigenvalue weighted by molar-refractivity contribution is 7.09. The van der Waals surface area contributed by atoms with Crippen molar-refractivity contribution in [3.63, 3.8) is 0 Å². The molecule has 4 heteroatoms. The first kappa shape index (κ1) is 18.5. The van der Waals surface area contributed by atoms with Gasteiger partial charge in [-0.3, -0.25) is 4.79 Å². The standard InChI is InChI=1S/C19H31NO2S/c1-3-6-16(7-4-2)19(21)20(17-10-13-22-14-11-17)12-9-18-8-5-15-23-18/h5,8,15-17H,3-4,6-7,9-14H2,1-2H3. The largest absolute Gasteiger partial charge is 0.381 e. The molecule has 1 amide bonds. The second-order valence-electron chi connectivity index (χ2n) is 6.48. The number of rotatable bonds is 9. The smallest absolute Gasteiger partial charge is 0.225 e. The van der Waals surface area contributed by atoms with Gasteiger partial charge in [-0.05, 0) is 43.6 Å². The van der Waals surface area contributed by atoms with Gasteiger partial charge in [0.25, 0.3) is 0 Å². The van der Waals surface area contributed by atoms with Gasteiger partial charge in [0, 0.05) is 36.6 Å². The Morgan fingerprint density at radius 2 is 2.00 bits per heavy atom. The van der Waals surface area contributed by atoms with Crippen molar-refractivity contribution in [1.29, 1.82) is 0 Å². The van der Waals surface area contributed by atoms with Crippen LogP contribution in [-0.4, -0.2) is 36.6 Å². The summed E-state index contributed by atoms with van der Waals surface area (Å²) >= 11 is 1.79. The van der Waals surface area contributed by atoms with Gasteiger partial charge in [-0.2, -0.15) is 0 Å². The predicted molar refractivity (Wildman–Crippen MR) is 96.9 cm³/mol. The molecule has 0 aromatic carbocycles. The summed E-state index contributed by atoms with van der Waals surface area (Å²) in [5.74, 6) is 0.591. The highest BCUT2D eigenvalue weighted by Gasteiger charge is 2.29. The summed E-state index contributed by atoms with van der Waals surface area (Å²) < 4.78 is 5.50. The fourth-order valence-corrected chi connectivity index (χ4v) is 4.18. The summed E-state index contributed by atoms with van der Waals surface area (Å²) in [6, 6.07) is 4.64. The van der Waals surface area contributed by atoms with Crippen molar-refractivity contribution in [2.24, 2.45) is 5.92 Å². The number of hydrogen-bond donors (Lipinski definition) is 0. The Balaban J connectivity index is 2.04. The Kier molecular flexibility index (Phi) is 8.10. The van der Waals surface area contributed by atoms with Crippen molar-refractivity contribution in [1.82, 2.24) is 4.90 Å². The third-order valence-corrected chi connectivity index (χ3v) is 5.65. The lowest BCUT2D eigenvalue weighted by molar-refractivity contribution is -0.140. The Labute approximate surface area is 145 Å². The number of ether oxygens (including phenoxy) is 1. The zero-order valence-corrected chi connectivity index (χ0v) is 15.4. The van der Waals surface area contributed by atoms with E-state index in [-0.39, 0.29) is 5.92 Å². The van der Waals surface area contributed by atoms with Gasteiger partial charge >= 0.3 is 0 Å². The molecule has 1 aromatic heterocycles. The summed E-state index contributed by atoms with van der Waals surface area (Å²) in [6.07, 6.45) is 7.16. The van der Waals surface area contributed by atoms with Gasteiger partial charge in [-0.15, -0.1) is 11.3 Å². The molecule has 1 aliphatic heterocycles. The van der Waals surface area contributed by atoms with Crippen LogP contribution in [0.4, 0.5) is 0 Å². The Morgan fingerprint density at radius 3 is 2.57 bits per heavy atom. The maximum absolute atomic E-state index is 13.2. The first-order chi connectivity index (χ1) is 11.3. The first-order valence-corrected chi connectivity index (χ1v) is 10.0. The molecule has 0 bridgehead atoms. The molecule has 0 unspecified atom stereocenters. The number of amides is 1. The van der Waals surface area contributed by atoms with Crippen molar-refractivity contribution in [2.75, 3.05) is 19.8 Å². The average molecular weight is 338 g/mol. The highest BCUT2D eigenvalue weighted by atomic mass is 32.1. The Morgan fingerprint density at radius 1 is 1.30 bits per heavy atom. The van der Waals surface area contributed by atoms with Gasteiger partial charge in [0.1, 0.15) is 0 Å². The van der Waals surface area contributed by atoms with Crippen LogP contribution in [0.15, 0.2) is 17.5 Å². The quantitative estimate of drug-likeness (QED) is 0.663. The van der Waals surface area contributed by atoms with Crippen LogP contribution in [0, 0.1) is 5.92 Å². The van der Waals surface area contributed by atoms with Crippen molar-refractivity contribution in [3.05, 3.63) is 22.4 Å². The van der Waals surface area contributed by atoms with Crippen LogP contribution < -0.4 is 0 Å².